The highest BCUT2D eigenvalue weighted by Crippen LogP contribution is 2.30. The smallest absolute Gasteiger partial charge is 0.160 e. The van der Waals surface area contributed by atoms with Crippen LogP contribution in [0.4, 0.5) is 10.1 Å². The molecule has 0 amide bonds. The van der Waals surface area contributed by atoms with Gasteiger partial charge in [0.25, 0.3) is 0 Å². The maximum atomic E-state index is 13.3. The Morgan fingerprint density at radius 2 is 1.75 bits per heavy atom. The largest absolute Gasteiger partial charge is 0.496 e. The molecular weight excluding hydrogens is 324 g/mol. The third kappa shape index (κ3) is 3.29. The van der Waals surface area contributed by atoms with E-state index in [1.54, 1.807) is 19.2 Å². The van der Waals surface area contributed by atoms with Crippen molar-refractivity contribution in [1.82, 2.24) is 0 Å². The molecule has 0 radical (unpaired) electrons. The summed E-state index contributed by atoms with van der Waals surface area (Å²) in [5.74, 6) is 0.0403. The molecule has 0 aliphatic rings. The zero-order chi connectivity index (χ0) is 14.7. The van der Waals surface area contributed by atoms with Gasteiger partial charge in [-0.2, -0.15) is 0 Å². The Hall–Kier alpha value is -1.16. The lowest BCUT2D eigenvalue weighted by Crippen LogP contribution is -2.03. The predicted octanol–water partition coefficient (Wildman–Crippen LogP) is 5.41. The number of benzene rings is 2. The molecule has 0 spiro atoms. The number of methoxy groups -OCH3 is 1. The maximum Gasteiger partial charge on any atom is 0.160 e. The summed E-state index contributed by atoms with van der Waals surface area (Å²) in [5, 5.41) is 3.59. The van der Waals surface area contributed by atoms with Gasteiger partial charge in [0.1, 0.15) is 5.75 Å². The molecule has 0 atom stereocenters. The summed E-state index contributed by atoms with van der Waals surface area (Å²) < 4.78 is 18.6. The molecule has 2 aromatic rings. The van der Waals surface area contributed by atoms with Crippen LogP contribution in [0.15, 0.2) is 30.3 Å². The van der Waals surface area contributed by atoms with Crippen LogP contribution in [-0.2, 0) is 6.54 Å². The topological polar surface area (TPSA) is 21.3 Å². The fourth-order valence-corrected chi connectivity index (χ4v) is 2.47. The van der Waals surface area contributed by atoms with E-state index >= 15 is 0 Å². The van der Waals surface area contributed by atoms with Crippen LogP contribution in [0, 0.1) is 5.82 Å². The molecule has 2 rings (SSSR count). The zero-order valence-electron chi connectivity index (χ0n) is 10.5. The third-order valence-electron chi connectivity index (χ3n) is 2.75. The predicted molar refractivity (Wildman–Crippen MR) is 81.8 cm³/mol. The monoisotopic (exact) mass is 333 g/mol. The van der Waals surface area contributed by atoms with E-state index in [0.717, 1.165) is 5.56 Å². The van der Waals surface area contributed by atoms with Crippen molar-refractivity contribution in [3.63, 3.8) is 0 Å². The van der Waals surface area contributed by atoms with Crippen molar-refractivity contribution >= 4 is 40.5 Å². The summed E-state index contributed by atoms with van der Waals surface area (Å²) in [6, 6.07) is 8.31. The molecule has 20 heavy (non-hydrogen) atoms. The van der Waals surface area contributed by atoms with E-state index in [1.165, 1.54) is 12.1 Å². The first-order chi connectivity index (χ1) is 9.52. The lowest BCUT2D eigenvalue weighted by Gasteiger charge is -2.13. The average molecular weight is 335 g/mol. The molecule has 2 nitrogen and oxygen atoms in total. The minimum Gasteiger partial charge on any atom is -0.496 e. The average Bonchev–Trinajstić information content (AvgIpc) is 2.43. The van der Waals surface area contributed by atoms with Gasteiger partial charge in [-0.3, -0.25) is 0 Å². The normalized spacial score (nSPS) is 10.4. The molecule has 2 aromatic carbocycles. The first kappa shape index (κ1) is 15.2. The Morgan fingerprint density at radius 1 is 1.10 bits per heavy atom. The van der Waals surface area contributed by atoms with E-state index in [-0.39, 0.29) is 10.0 Å². The van der Waals surface area contributed by atoms with Gasteiger partial charge in [-0.15, -0.1) is 0 Å². The minimum atomic E-state index is -0.630. The number of rotatable bonds is 4. The number of halogens is 4. The molecule has 6 heteroatoms. The van der Waals surface area contributed by atoms with Crippen molar-refractivity contribution in [3.05, 3.63) is 56.8 Å². The number of hydrogen-bond donors (Lipinski definition) is 1. The van der Waals surface area contributed by atoms with E-state index in [2.05, 4.69) is 5.32 Å². The van der Waals surface area contributed by atoms with E-state index < -0.39 is 5.82 Å². The van der Waals surface area contributed by atoms with Gasteiger partial charge in [0, 0.05) is 22.8 Å². The number of nitrogens with one attached hydrogen (secondary N) is 1. The summed E-state index contributed by atoms with van der Waals surface area (Å²) in [4.78, 5) is 0. The highest BCUT2D eigenvalue weighted by Gasteiger charge is 2.10. The van der Waals surface area contributed by atoms with Gasteiger partial charge in [0.05, 0.1) is 17.2 Å². The van der Waals surface area contributed by atoms with E-state index in [0.29, 0.717) is 23.0 Å². The number of ether oxygens (including phenoxy) is 1. The maximum absolute atomic E-state index is 13.3. The standard InChI is InChI=1S/C14H11Cl3FNO/c1-20-13-4-2-3-10(15)9(13)7-19-8-5-11(16)14(18)12(17)6-8/h2-6,19H,7H2,1H3. The van der Waals surface area contributed by atoms with Gasteiger partial charge < -0.3 is 10.1 Å². The van der Waals surface area contributed by atoms with Crippen LogP contribution in [0.1, 0.15) is 5.56 Å². The first-order valence-corrected chi connectivity index (χ1v) is 6.86. The highest BCUT2D eigenvalue weighted by molar-refractivity contribution is 6.35. The molecule has 0 unspecified atom stereocenters. The Morgan fingerprint density at radius 3 is 2.35 bits per heavy atom. The number of hydrogen-bond acceptors (Lipinski definition) is 2. The van der Waals surface area contributed by atoms with E-state index in [4.69, 9.17) is 39.5 Å². The Balaban J connectivity index is 2.21. The molecule has 0 saturated heterocycles. The van der Waals surface area contributed by atoms with Gasteiger partial charge in [-0.1, -0.05) is 40.9 Å². The van der Waals surface area contributed by atoms with Gasteiger partial charge in [0.2, 0.25) is 0 Å². The second-order valence-electron chi connectivity index (χ2n) is 4.03. The van der Waals surface area contributed by atoms with Gasteiger partial charge in [-0.25, -0.2) is 4.39 Å². The molecule has 0 aliphatic heterocycles. The molecule has 0 saturated carbocycles. The summed E-state index contributed by atoms with van der Waals surface area (Å²) in [6.07, 6.45) is 0. The number of anilines is 1. The van der Waals surface area contributed by atoms with Gasteiger partial charge >= 0.3 is 0 Å². The second kappa shape index (κ2) is 6.53. The summed E-state index contributed by atoms with van der Waals surface area (Å²) >= 11 is 17.6. The van der Waals surface area contributed by atoms with Crippen molar-refractivity contribution < 1.29 is 9.13 Å². The first-order valence-electron chi connectivity index (χ1n) is 5.72. The molecular formula is C14H11Cl3FNO. The van der Waals surface area contributed by atoms with E-state index in [1.807, 2.05) is 6.07 Å². The quantitative estimate of drug-likeness (QED) is 0.755. The zero-order valence-corrected chi connectivity index (χ0v) is 12.8. The second-order valence-corrected chi connectivity index (χ2v) is 5.25. The molecule has 106 valence electrons. The summed E-state index contributed by atoms with van der Waals surface area (Å²) in [6.45, 7) is 0.404. The van der Waals surface area contributed by atoms with Crippen molar-refractivity contribution in [2.45, 2.75) is 6.54 Å². The van der Waals surface area contributed by atoms with Crippen molar-refractivity contribution in [1.29, 1.82) is 0 Å². The Labute approximate surface area is 131 Å². The van der Waals surface area contributed by atoms with Crippen molar-refractivity contribution in [2.24, 2.45) is 0 Å². The molecule has 0 aromatic heterocycles. The van der Waals surface area contributed by atoms with Crippen LogP contribution >= 0.6 is 34.8 Å². The molecule has 0 fully saturated rings. The van der Waals surface area contributed by atoms with Crippen LogP contribution in [0.25, 0.3) is 0 Å². The minimum absolute atomic E-state index is 0.0360. The van der Waals surface area contributed by atoms with Crippen molar-refractivity contribution in [2.75, 3.05) is 12.4 Å². The van der Waals surface area contributed by atoms with Gasteiger partial charge in [-0.05, 0) is 24.3 Å². The Bertz CT molecular complexity index is 611. The third-order valence-corrected chi connectivity index (χ3v) is 3.65. The lowest BCUT2D eigenvalue weighted by atomic mass is 10.2. The Kier molecular flexibility index (Phi) is 4.97. The highest BCUT2D eigenvalue weighted by atomic mass is 35.5. The lowest BCUT2D eigenvalue weighted by molar-refractivity contribution is 0.410. The van der Waals surface area contributed by atoms with Crippen LogP contribution in [-0.4, -0.2) is 7.11 Å². The van der Waals surface area contributed by atoms with Gasteiger partial charge in [0.15, 0.2) is 5.82 Å². The van der Waals surface area contributed by atoms with Crippen LogP contribution < -0.4 is 10.1 Å². The fraction of sp³-hybridized carbons (Fsp3) is 0.143. The summed E-state index contributed by atoms with van der Waals surface area (Å²) in [5.41, 5.74) is 1.40. The molecule has 0 heterocycles. The van der Waals surface area contributed by atoms with Crippen LogP contribution in [0.2, 0.25) is 15.1 Å². The fourth-order valence-electron chi connectivity index (χ4n) is 1.75. The van der Waals surface area contributed by atoms with E-state index in [9.17, 15) is 4.39 Å². The summed E-state index contributed by atoms with van der Waals surface area (Å²) in [7, 11) is 1.57. The molecule has 1 N–H and O–H groups in total. The SMILES string of the molecule is COc1cccc(Cl)c1CNc1cc(Cl)c(F)c(Cl)c1. The molecule has 0 bridgehead atoms. The van der Waals surface area contributed by atoms with Crippen LogP contribution in [0.5, 0.6) is 5.75 Å². The van der Waals surface area contributed by atoms with Crippen LogP contribution in [0.3, 0.4) is 0 Å². The van der Waals surface area contributed by atoms with Crippen molar-refractivity contribution in [3.8, 4) is 5.75 Å². The molecule has 0 aliphatic carbocycles.